The monoisotopic (exact) mass is 526 g/mol. The Balaban J connectivity index is 1.20. The van der Waals surface area contributed by atoms with Gasteiger partial charge in [-0.05, 0) is 74.0 Å². The summed E-state index contributed by atoms with van der Waals surface area (Å²) < 4.78 is 33.7. The minimum Gasteiger partial charge on any atom is -0.491 e. The molecule has 37 heavy (non-hydrogen) atoms. The van der Waals surface area contributed by atoms with E-state index in [9.17, 15) is 8.78 Å². The van der Waals surface area contributed by atoms with Gasteiger partial charge >= 0.3 is 0 Å². The molecule has 1 nitrogen and oxygen atoms in total. The summed E-state index contributed by atoms with van der Waals surface area (Å²) in [5.41, 5.74) is 1.48. The highest BCUT2D eigenvalue weighted by Gasteiger charge is 2.36. The van der Waals surface area contributed by atoms with Crippen LogP contribution in [-0.2, 0) is 6.42 Å². The van der Waals surface area contributed by atoms with Gasteiger partial charge in [-0.2, -0.15) is 4.39 Å². The lowest BCUT2D eigenvalue weighted by molar-refractivity contribution is 0.176. The third-order valence-corrected chi connectivity index (χ3v) is 13.4. The zero-order chi connectivity index (χ0) is 26.0. The van der Waals surface area contributed by atoms with Crippen molar-refractivity contribution >= 4 is 14.0 Å². The maximum Gasteiger partial charge on any atom is 0.200 e. The molecule has 1 saturated heterocycles. The van der Waals surface area contributed by atoms with Gasteiger partial charge in [0, 0.05) is 0 Å². The number of unbranched alkanes of at least 4 members (excludes halogenated alkanes) is 2. The topological polar surface area (TPSA) is 9.23 Å². The number of hydrogen-bond acceptors (Lipinski definition) is 1. The molecule has 0 spiro atoms. The average molecular weight is 527 g/mol. The molecule has 0 amide bonds. The zero-order valence-electron chi connectivity index (χ0n) is 23.2. The second kappa shape index (κ2) is 14.5. The largest absolute Gasteiger partial charge is 0.491 e. The van der Waals surface area contributed by atoms with Crippen LogP contribution in [0.3, 0.4) is 0 Å². The van der Waals surface area contributed by atoms with Gasteiger partial charge in [-0.25, -0.2) is 4.39 Å². The SMILES string of the molecule is CCCCC1CC([C@H]2CC[C@H](CCCCc3ccc(OCC)c(F)c3F)CC2)CC[SiH]1c1ccccc1. The smallest absolute Gasteiger partial charge is 0.200 e. The molecular weight excluding hydrogens is 478 g/mol. The van der Waals surface area contributed by atoms with E-state index in [-0.39, 0.29) is 5.75 Å². The molecule has 4 rings (SSSR count). The number of halogens is 2. The third kappa shape index (κ3) is 7.68. The van der Waals surface area contributed by atoms with E-state index < -0.39 is 20.4 Å². The van der Waals surface area contributed by atoms with Crippen LogP contribution in [-0.4, -0.2) is 15.4 Å². The molecule has 3 atom stereocenters. The van der Waals surface area contributed by atoms with Gasteiger partial charge in [0.05, 0.1) is 15.4 Å². The van der Waals surface area contributed by atoms with Gasteiger partial charge in [0.15, 0.2) is 11.6 Å². The van der Waals surface area contributed by atoms with E-state index >= 15 is 0 Å². The Kier molecular flexibility index (Phi) is 11.1. The van der Waals surface area contributed by atoms with E-state index in [1.165, 1.54) is 70.3 Å². The highest BCUT2D eigenvalue weighted by molar-refractivity contribution is 6.74. The standard InChI is InChI=1S/C33H48F2OSi/c1-3-5-13-30-24-28(22-23-37(30)29-14-7-6-8-15-29)26-18-16-25(17-19-26)11-9-10-12-27-20-21-31(36-4-2)33(35)32(27)34/h6-8,14-15,20-21,25-26,28,30,37H,3-5,9-13,16-19,22-24H2,1-2H3/t25-,26-,28?,30?,37?. The van der Waals surface area contributed by atoms with E-state index in [0.29, 0.717) is 18.6 Å². The molecule has 2 aromatic rings. The van der Waals surface area contributed by atoms with Crippen molar-refractivity contribution in [1.29, 1.82) is 0 Å². The number of benzene rings is 2. The van der Waals surface area contributed by atoms with Crippen molar-refractivity contribution in [3.05, 3.63) is 59.7 Å². The molecule has 0 aromatic heterocycles. The first-order chi connectivity index (χ1) is 18.1. The lowest BCUT2D eigenvalue weighted by Crippen LogP contribution is -2.41. The molecule has 2 aliphatic rings. The van der Waals surface area contributed by atoms with Crippen LogP contribution >= 0.6 is 0 Å². The number of ether oxygens (including phenoxy) is 1. The second-order valence-corrected chi connectivity index (χ2v) is 15.2. The third-order valence-electron chi connectivity index (χ3n) is 9.47. The maximum atomic E-state index is 14.4. The van der Waals surface area contributed by atoms with Crippen molar-refractivity contribution in [2.75, 3.05) is 6.61 Å². The van der Waals surface area contributed by atoms with Crippen LogP contribution < -0.4 is 9.92 Å². The minimum absolute atomic E-state index is 0.0214. The molecule has 0 bridgehead atoms. The molecule has 3 unspecified atom stereocenters. The van der Waals surface area contributed by atoms with Gasteiger partial charge in [-0.1, -0.05) is 106 Å². The normalized spacial score (nSPS) is 26.2. The predicted molar refractivity (Wildman–Crippen MR) is 155 cm³/mol. The van der Waals surface area contributed by atoms with Crippen LogP contribution in [0.5, 0.6) is 5.75 Å². The van der Waals surface area contributed by atoms with Crippen LogP contribution in [0.15, 0.2) is 42.5 Å². The highest BCUT2D eigenvalue weighted by Crippen LogP contribution is 2.45. The fourth-order valence-corrected chi connectivity index (χ4v) is 11.6. The Bertz CT molecular complexity index is 941. The lowest BCUT2D eigenvalue weighted by Gasteiger charge is -2.41. The van der Waals surface area contributed by atoms with Crippen molar-refractivity contribution in [3.8, 4) is 5.75 Å². The van der Waals surface area contributed by atoms with Gasteiger partial charge in [0.25, 0.3) is 0 Å². The van der Waals surface area contributed by atoms with Gasteiger partial charge in [-0.15, -0.1) is 0 Å². The number of hydrogen-bond donors (Lipinski definition) is 0. The molecule has 0 N–H and O–H groups in total. The summed E-state index contributed by atoms with van der Waals surface area (Å²) in [6.45, 7) is 4.46. The van der Waals surface area contributed by atoms with Crippen molar-refractivity contribution in [2.24, 2.45) is 17.8 Å². The average Bonchev–Trinajstić information content (AvgIpc) is 2.94. The summed E-state index contributed by atoms with van der Waals surface area (Å²) in [6, 6.07) is 16.3. The van der Waals surface area contributed by atoms with E-state index in [2.05, 4.69) is 37.3 Å². The van der Waals surface area contributed by atoms with Gasteiger partial charge in [0.1, 0.15) is 0 Å². The molecule has 0 radical (unpaired) electrons. The van der Waals surface area contributed by atoms with E-state index in [1.54, 1.807) is 24.2 Å². The Morgan fingerprint density at radius 1 is 0.811 bits per heavy atom. The fourth-order valence-electron chi connectivity index (χ4n) is 7.38. The summed E-state index contributed by atoms with van der Waals surface area (Å²) in [5.74, 6) is 1.17. The first-order valence-electron chi connectivity index (χ1n) is 15.2. The van der Waals surface area contributed by atoms with Gasteiger partial charge in [0.2, 0.25) is 5.82 Å². The van der Waals surface area contributed by atoms with Crippen LogP contribution in [0.2, 0.25) is 11.6 Å². The van der Waals surface area contributed by atoms with Crippen LogP contribution in [0.4, 0.5) is 8.78 Å². The van der Waals surface area contributed by atoms with E-state index in [4.69, 9.17) is 4.74 Å². The Hall–Kier alpha value is -1.68. The molecule has 204 valence electrons. The fraction of sp³-hybridized carbons (Fsp3) is 0.636. The molecule has 2 fully saturated rings. The van der Waals surface area contributed by atoms with Gasteiger partial charge in [-0.3, -0.25) is 0 Å². The molecule has 1 aliphatic carbocycles. The van der Waals surface area contributed by atoms with Crippen molar-refractivity contribution in [2.45, 2.75) is 109 Å². The Morgan fingerprint density at radius 2 is 1.59 bits per heavy atom. The number of rotatable bonds is 12. The zero-order valence-corrected chi connectivity index (χ0v) is 24.4. The summed E-state index contributed by atoms with van der Waals surface area (Å²) in [7, 11) is -0.852. The van der Waals surface area contributed by atoms with Crippen LogP contribution in [0.1, 0.15) is 96.5 Å². The molecular formula is C33H48F2OSi. The molecule has 4 heteroatoms. The maximum absolute atomic E-state index is 14.4. The van der Waals surface area contributed by atoms with Crippen molar-refractivity contribution < 1.29 is 13.5 Å². The summed E-state index contributed by atoms with van der Waals surface area (Å²) in [4.78, 5) is 0. The second-order valence-electron chi connectivity index (χ2n) is 11.8. The van der Waals surface area contributed by atoms with Crippen molar-refractivity contribution in [3.63, 3.8) is 0 Å². The Labute approximate surface area is 226 Å². The molecule has 1 saturated carbocycles. The number of aryl methyl sites for hydroxylation is 1. The highest BCUT2D eigenvalue weighted by atomic mass is 28.3. The van der Waals surface area contributed by atoms with E-state index in [1.807, 2.05) is 0 Å². The van der Waals surface area contributed by atoms with Crippen LogP contribution in [0.25, 0.3) is 0 Å². The molecule has 1 aliphatic heterocycles. The summed E-state index contributed by atoms with van der Waals surface area (Å²) >= 11 is 0. The molecule has 1 heterocycles. The van der Waals surface area contributed by atoms with Crippen LogP contribution in [0, 0.1) is 29.4 Å². The first kappa shape index (κ1) is 28.3. The first-order valence-corrected chi connectivity index (χ1v) is 17.3. The van der Waals surface area contributed by atoms with Gasteiger partial charge < -0.3 is 4.74 Å². The summed E-state index contributed by atoms with van der Waals surface area (Å²) in [5, 5.41) is 1.71. The lowest BCUT2D eigenvalue weighted by atomic mass is 9.72. The Morgan fingerprint density at radius 3 is 2.32 bits per heavy atom. The summed E-state index contributed by atoms with van der Waals surface area (Å²) in [6.07, 6.45) is 16.6. The minimum atomic E-state index is -0.852. The quantitative estimate of drug-likeness (QED) is 0.198. The predicted octanol–water partition coefficient (Wildman–Crippen LogP) is 8.99. The van der Waals surface area contributed by atoms with E-state index in [0.717, 1.165) is 36.1 Å². The molecule has 2 aromatic carbocycles. The van der Waals surface area contributed by atoms with Crippen molar-refractivity contribution in [1.82, 2.24) is 0 Å².